The molecule has 0 unspecified atom stereocenters. The summed E-state index contributed by atoms with van der Waals surface area (Å²) in [6, 6.07) is 8.11. The molecule has 0 aromatic heterocycles. The average molecular weight is 330 g/mol. The van der Waals surface area contributed by atoms with Crippen molar-refractivity contribution in [3.05, 3.63) is 35.9 Å². The fraction of sp³-hybridized carbons (Fsp3) is 0.278. The quantitative estimate of drug-likeness (QED) is 0.649. The molecule has 0 saturated carbocycles. The minimum absolute atomic E-state index is 0.0514. The maximum absolute atomic E-state index is 12.0. The Kier molecular flexibility index (Phi) is 4.31. The minimum Gasteiger partial charge on any atom is -0.507 e. The van der Waals surface area contributed by atoms with Crippen LogP contribution >= 0.6 is 0 Å². The number of phenols is 1. The Balaban J connectivity index is 2.38. The van der Waals surface area contributed by atoms with Crippen LogP contribution in [0.2, 0.25) is 0 Å². The number of hydrogen-bond acceptors (Lipinski definition) is 6. The van der Waals surface area contributed by atoms with Crippen LogP contribution in [0, 0.1) is 0 Å². The van der Waals surface area contributed by atoms with E-state index in [0.717, 1.165) is 0 Å². The van der Waals surface area contributed by atoms with Crippen LogP contribution in [0.5, 0.6) is 23.0 Å². The Bertz CT molecular complexity index is 783. The Morgan fingerprint density at radius 2 is 1.75 bits per heavy atom. The lowest BCUT2D eigenvalue weighted by Gasteiger charge is -2.19. The van der Waals surface area contributed by atoms with Crippen molar-refractivity contribution in [2.75, 3.05) is 14.2 Å². The van der Waals surface area contributed by atoms with Gasteiger partial charge in [0.15, 0.2) is 0 Å². The molecule has 1 heterocycles. The second-order valence-corrected chi connectivity index (χ2v) is 5.51. The minimum atomic E-state index is -0.936. The topological polar surface area (TPSA) is 85.2 Å². The van der Waals surface area contributed by atoms with E-state index in [4.69, 9.17) is 14.2 Å². The molecule has 6 heteroatoms. The normalized spacial score (nSPS) is 16.8. The van der Waals surface area contributed by atoms with Crippen LogP contribution < -0.4 is 14.2 Å². The maximum Gasteiger partial charge on any atom is 0.313 e. The van der Waals surface area contributed by atoms with Gasteiger partial charge in [-0.3, -0.25) is 4.79 Å². The zero-order valence-electron chi connectivity index (χ0n) is 13.4. The predicted molar refractivity (Wildman–Crippen MR) is 86.6 cm³/mol. The maximum atomic E-state index is 12.0. The first-order valence-corrected chi connectivity index (χ1v) is 7.50. The lowest BCUT2D eigenvalue weighted by Crippen LogP contribution is -2.19. The monoisotopic (exact) mass is 330 g/mol. The summed E-state index contributed by atoms with van der Waals surface area (Å²) in [5.74, 6) is 0.610. The molecule has 24 heavy (non-hydrogen) atoms. The van der Waals surface area contributed by atoms with Crippen LogP contribution in [0.4, 0.5) is 0 Å². The summed E-state index contributed by atoms with van der Waals surface area (Å²) in [5.41, 5.74) is 1.52. The largest absolute Gasteiger partial charge is 0.507 e. The molecule has 2 aromatic carbocycles. The number of hydrogen-bond donors (Lipinski definition) is 2. The molecule has 0 amide bonds. The number of phenolic OH excluding ortho intramolecular Hbond substituents is 1. The highest BCUT2D eigenvalue weighted by Gasteiger charge is 2.28. The number of carbonyl (C=O) groups excluding carboxylic acids is 1. The molecule has 0 fully saturated rings. The van der Waals surface area contributed by atoms with Crippen LogP contribution in [0.3, 0.4) is 0 Å². The fourth-order valence-electron chi connectivity index (χ4n) is 2.97. The first-order valence-electron chi connectivity index (χ1n) is 7.50. The van der Waals surface area contributed by atoms with Crippen molar-refractivity contribution in [3.63, 3.8) is 0 Å². The Morgan fingerprint density at radius 3 is 2.46 bits per heavy atom. The zero-order valence-corrected chi connectivity index (χ0v) is 13.4. The van der Waals surface area contributed by atoms with Crippen molar-refractivity contribution in [1.29, 1.82) is 0 Å². The Hall–Kier alpha value is -2.73. The first kappa shape index (κ1) is 16.1. The van der Waals surface area contributed by atoms with Gasteiger partial charge in [0.1, 0.15) is 23.0 Å². The molecule has 0 radical (unpaired) electrons. The van der Waals surface area contributed by atoms with Gasteiger partial charge >= 0.3 is 5.97 Å². The molecule has 0 saturated heterocycles. The van der Waals surface area contributed by atoms with Gasteiger partial charge in [-0.2, -0.15) is 0 Å². The second-order valence-electron chi connectivity index (χ2n) is 5.51. The lowest BCUT2D eigenvalue weighted by atomic mass is 9.92. The average Bonchev–Trinajstić information content (AvgIpc) is 2.59. The zero-order chi connectivity index (χ0) is 17.3. The van der Waals surface area contributed by atoms with Gasteiger partial charge in [0.05, 0.1) is 32.3 Å². The Morgan fingerprint density at radius 1 is 1.04 bits per heavy atom. The molecule has 1 atom stereocenters. The van der Waals surface area contributed by atoms with Gasteiger partial charge in [0, 0.05) is 17.5 Å². The summed E-state index contributed by atoms with van der Waals surface area (Å²) in [5, 5.41) is 20.6. The van der Waals surface area contributed by atoms with Crippen molar-refractivity contribution in [3.8, 4) is 34.1 Å². The van der Waals surface area contributed by atoms with E-state index in [0.29, 0.717) is 28.2 Å². The molecule has 0 spiro atoms. The summed E-state index contributed by atoms with van der Waals surface area (Å²) in [4.78, 5) is 12.0. The number of fused-ring (bicyclic) bond motifs is 3. The van der Waals surface area contributed by atoms with Gasteiger partial charge in [0.2, 0.25) is 0 Å². The molecular weight excluding hydrogens is 312 g/mol. The Labute approximate surface area is 139 Å². The number of carbonyl (C=O) groups is 1. The third-order valence-electron chi connectivity index (χ3n) is 3.99. The highest BCUT2D eigenvalue weighted by Crippen LogP contribution is 2.47. The summed E-state index contributed by atoms with van der Waals surface area (Å²) in [6.45, 7) is 0. The lowest BCUT2D eigenvalue weighted by molar-refractivity contribution is -0.136. The number of ether oxygens (including phenoxy) is 3. The number of aliphatic hydroxyl groups excluding tert-OH is 1. The van der Waals surface area contributed by atoms with E-state index >= 15 is 0 Å². The summed E-state index contributed by atoms with van der Waals surface area (Å²) < 4.78 is 16.2. The summed E-state index contributed by atoms with van der Waals surface area (Å²) in [7, 11) is 3.03. The van der Waals surface area contributed by atoms with Crippen LogP contribution in [0.1, 0.15) is 12.0 Å². The van der Waals surface area contributed by atoms with Crippen LogP contribution in [-0.2, 0) is 11.2 Å². The summed E-state index contributed by atoms with van der Waals surface area (Å²) in [6.07, 6.45) is -0.929. The van der Waals surface area contributed by atoms with E-state index in [-0.39, 0.29) is 24.3 Å². The van der Waals surface area contributed by atoms with Gasteiger partial charge in [-0.1, -0.05) is 6.07 Å². The SMILES string of the molecule is COc1ccc(OC)c2c1C[C@H](O)CC(=O)Oc1cccc(O)c1-2. The van der Waals surface area contributed by atoms with Gasteiger partial charge in [0.25, 0.3) is 0 Å². The van der Waals surface area contributed by atoms with E-state index in [1.54, 1.807) is 24.3 Å². The third kappa shape index (κ3) is 2.76. The highest BCUT2D eigenvalue weighted by atomic mass is 16.5. The van der Waals surface area contributed by atoms with Gasteiger partial charge in [-0.15, -0.1) is 0 Å². The van der Waals surface area contributed by atoms with E-state index < -0.39 is 12.1 Å². The molecule has 2 N–H and O–H groups in total. The number of benzene rings is 2. The van der Waals surface area contributed by atoms with E-state index in [9.17, 15) is 15.0 Å². The number of aliphatic hydroxyl groups is 1. The third-order valence-corrected chi connectivity index (χ3v) is 3.99. The van der Waals surface area contributed by atoms with Gasteiger partial charge in [-0.25, -0.2) is 0 Å². The van der Waals surface area contributed by atoms with Crippen LogP contribution in [0.15, 0.2) is 30.3 Å². The van der Waals surface area contributed by atoms with Crippen molar-refractivity contribution in [2.24, 2.45) is 0 Å². The number of methoxy groups -OCH3 is 2. The molecule has 0 bridgehead atoms. The fourth-order valence-corrected chi connectivity index (χ4v) is 2.97. The first-order chi connectivity index (χ1) is 11.5. The van der Waals surface area contributed by atoms with Crippen LogP contribution in [0.25, 0.3) is 11.1 Å². The molecule has 2 aromatic rings. The van der Waals surface area contributed by atoms with Crippen molar-refractivity contribution in [2.45, 2.75) is 18.9 Å². The van der Waals surface area contributed by atoms with Crippen molar-refractivity contribution < 1.29 is 29.2 Å². The van der Waals surface area contributed by atoms with Gasteiger partial charge in [-0.05, 0) is 24.3 Å². The highest BCUT2D eigenvalue weighted by molar-refractivity contribution is 5.87. The molecule has 126 valence electrons. The predicted octanol–water partition coefficient (Wildman–Crippen LogP) is 2.29. The van der Waals surface area contributed by atoms with E-state index in [1.165, 1.54) is 20.3 Å². The molecule has 6 nitrogen and oxygen atoms in total. The number of esters is 1. The van der Waals surface area contributed by atoms with E-state index in [1.807, 2.05) is 0 Å². The molecule has 1 aliphatic rings. The van der Waals surface area contributed by atoms with Crippen molar-refractivity contribution >= 4 is 5.97 Å². The van der Waals surface area contributed by atoms with Crippen LogP contribution in [-0.4, -0.2) is 36.5 Å². The van der Waals surface area contributed by atoms with Gasteiger partial charge < -0.3 is 24.4 Å². The molecular formula is C18H18O6. The molecule has 0 aliphatic carbocycles. The number of rotatable bonds is 2. The molecule has 1 aliphatic heterocycles. The number of aromatic hydroxyl groups is 1. The molecule has 3 rings (SSSR count). The standard InChI is InChI=1S/C18H18O6/c1-22-13-6-7-14(23-2)17-11(13)8-10(19)9-16(21)24-15-5-3-4-12(20)18(15)17/h3-7,10,19-20H,8-9H2,1-2H3/t10-/m0/s1. The smallest absolute Gasteiger partial charge is 0.313 e. The van der Waals surface area contributed by atoms with Crippen molar-refractivity contribution in [1.82, 2.24) is 0 Å². The summed E-state index contributed by atoms with van der Waals surface area (Å²) >= 11 is 0. The second kappa shape index (κ2) is 6.41. The van der Waals surface area contributed by atoms with E-state index in [2.05, 4.69) is 0 Å².